The summed E-state index contributed by atoms with van der Waals surface area (Å²) in [6.45, 7) is 7.82. The summed E-state index contributed by atoms with van der Waals surface area (Å²) >= 11 is 0. The zero-order chi connectivity index (χ0) is 31.8. The summed E-state index contributed by atoms with van der Waals surface area (Å²) in [5.74, 6) is 0. The Morgan fingerprint density at radius 3 is 1.79 bits per heavy atom. The molecule has 0 saturated heterocycles. The highest BCUT2D eigenvalue weighted by Crippen LogP contribution is 2.65. The van der Waals surface area contributed by atoms with Gasteiger partial charge in [0.15, 0.2) is 5.69 Å². The number of benzene rings is 8. The molecule has 8 aromatic carbocycles. The molecule has 0 heterocycles. The fraction of sp³-hybridized carbons (Fsp3) is 0.0217. The molecule has 0 amide bonds. The molecule has 0 saturated carbocycles. The maximum Gasteiger partial charge on any atom is 0.189 e. The van der Waals surface area contributed by atoms with Crippen molar-refractivity contribution in [2.24, 2.45) is 0 Å². The van der Waals surface area contributed by atoms with Crippen LogP contribution in [0, 0.1) is 6.57 Å². The lowest BCUT2D eigenvalue weighted by Crippen LogP contribution is -2.26. The highest BCUT2D eigenvalue weighted by Gasteiger charge is 2.52. The van der Waals surface area contributed by atoms with E-state index in [0.717, 1.165) is 17.1 Å². The van der Waals surface area contributed by atoms with Gasteiger partial charge >= 0.3 is 0 Å². The molecule has 10 rings (SSSR count). The molecule has 0 fully saturated rings. The molecule has 2 aliphatic rings. The van der Waals surface area contributed by atoms with Crippen LogP contribution < -0.4 is 4.90 Å². The summed E-state index contributed by atoms with van der Waals surface area (Å²) in [6, 6.07) is 61.4. The third-order valence-electron chi connectivity index (χ3n) is 10.4. The molecule has 2 nitrogen and oxygen atoms in total. The van der Waals surface area contributed by atoms with Crippen LogP contribution in [-0.4, -0.2) is 0 Å². The van der Waals surface area contributed by atoms with Gasteiger partial charge in [-0.3, -0.25) is 0 Å². The van der Waals surface area contributed by atoms with Gasteiger partial charge in [-0.2, -0.15) is 0 Å². The molecular weight excluding hydrogens is 581 g/mol. The first kappa shape index (κ1) is 26.8. The van der Waals surface area contributed by atoms with E-state index in [4.69, 9.17) is 6.57 Å². The van der Waals surface area contributed by atoms with E-state index in [2.05, 4.69) is 161 Å². The van der Waals surface area contributed by atoms with Crippen molar-refractivity contribution in [3.8, 4) is 22.3 Å². The Balaban J connectivity index is 1.42. The SMILES string of the molecule is [C-]#[N+]c1cccc(N(c2ccccc2)c2cc3c(c4ccccc24)-c2c(ccc4ccccc24)C32c3ccccc3-c3ccccc32)c1. The number of rotatable bonds is 3. The van der Waals surface area contributed by atoms with Crippen molar-refractivity contribution in [3.63, 3.8) is 0 Å². The predicted octanol–water partition coefficient (Wildman–Crippen LogP) is 12.4. The van der Waals surface area contributed by atoms with Gasteiger partial charge in [-0.1, -0.05) is 140 Å². The van der Waals surface area contributed by atoms with Crippen molar-refractivity contribution in [3.05, 3.63) is 204 Å². The summed E-state index contributed by atoms with van der Waals surface area (Å²) in [5, 5.41) is 4.92. The van der Waals surface area contributed by atoms with Crippen molar-refractivity contribution in [2.75, 3.05) is 4.90 Å². The molecule has 2 aliphatic carbocycles. The monoisotopic (exact) mass is 608 g/mol. The second-order valence-electron chi connectivity index (χ2n) is 12.7. The molecule has 0 aromatic heterocycles. The first-order chi connectivity index (χ1) is 23.8. The number of fused-ring (bicyclic) bond motifs is 14. The van der Waals surface area contributed by atoms with E-state index in [1.165, 1.54) is 66.1 Å². The molecule has 0 N–H and O–H groups in total. The largest absolute Gasteiger partial charge is 0.311 e. The standard InChI is InChI=1S/C46H28N2/c1-47-31-15-13-18-33(28-31)48(32-16-3-2-4-17-32)43-29-42-45(38-23-8-7-22-37(38)43)44-34-19-6-5-14-30(34)26-27-41(44)46(42)39-24-11-9-20-35(39)36-21-10-12-25-40(36)46/h2-29H. The summed E-state index contributed by atoms with van der Waals surface area (Å²) in [6.07, 6.45) is 0. The zero-order valence-electron chi connectivity index (χ0n) is 26.1. The van der Waals surface area contributed by atoms with Crippen LogP contribution in [0.3, 0.4) is 0 Å². The van der Waals surface area contributed by atoms with Gasteiger partial charge in [0, 0.05) is 16.8 Å². The van der Waals surface area contributed by atoms with E-state index in [-0.39, 0.29) is 0 Å². The van der Waals surface area contributed by atoms with Crippen LogP contribution in [-0.2, 0) is 5.41 Å². The summed E-state index contributed by atoms with van der Waals surface area (Å²) in [7, 11) is 0. The molecule has 0 atom stereocenters. The van der Waals surface area contributed by atoms with Gasteiger partial charge in [0.05, 0.1) is 17.7 Å². The molecule has 2 heteroatoms. The van der Waals surface area contributed by atoms with Crippen LogP contribution in [0.4, 0.5) is 22.7 Å². The average Bonchev–Trinajstić information content (AvgIpc) is 3.63. The van der Waals surface area contributed by atoms with Gasteiger partial charge in [0.2, 0.25) is 0 Å². The lowest BCUT2D eigenvalue weighted by atomic mass is 9.70. The third kappa shape index (κ3) is 3.45. The Kier molecular flexibility index (Phi) is 5.59. The Bertz CT molecular complexity index is 2600. The molecule has 48 heavy (non-hydrogen) atoms. The Morgan fingerprint density at radius 2 is 1.04 bits per heavy atom. The van der Waals surface area contributed by atoms with E-state index in [1.54, 1.807) is 0 Å². The minimum Gasteiger partial charge on any atom is -0.311 e. The minimum absolute atomic E-state index is 0.499. The smallest absolute Gasteiger partial charge is 0.189 e. The van der Waals surface area contributed by atoms with E-state index in [0.29, 0.717) is 5.69 Å². The highest BCUT2D eigenvalue weighted by atomic mass is 15.1. The molecule has 0 aliphatic heterocycles. The van der Waals surface area contributed by atoms with Gasteiger partial charge in [0.25, 0.3) is 0 Å². The molecule has 0 bridgehead atoms. The number of anilines is 3. The summed E-state index contributed by atoms with van der Waals surface area (Å²) in [4.78, 5) is 6.14. The summed E-state index contributed by atoms with van der Waals surface area (Å²) in [5.41, 5.74) is 13.7. The fourth-order valence-corrected chi connectivity index (χ4v) is 8.63. The molecule has 1 spiro atoms. The minimum atomic E-state index is -0.499. The van der Waals surface area contributed by atoms with Gasteiger partial charge in [-0.15, -0.1) is 0 Å². The third-order valence-corrected chi connectivity index (χ3v) is 10.4. The lowest BCUT2D eigenvalue weighted by molar-refractivity contribution is 0.795. The summed E-state index contributed by atoms with van der Waals surface area (Å²) < 4.78 is 0. The fourth-order valence-electron chi connectivity index (χ4n) is 8.63. The van der Waals surface area contributed by atoms with Crippen LogP contribution >= 0.6 is 0 Å². The van der Waals surface area contributed by atoms with E-state index in [1.807, 2.05) is 18.2 Å². The number of hydrogen-bond acceptors (Lipinski definition) is 1. The highest BCUT2D eigenvalue weighted by molar-refractivity contribution is 6.16. The molecule has 222 valence electrons. The van der Waals surface area contributed by atoms with Gasteiger partial charge in [-0.05, 0) is 91.0 Å². The van der Waals surface area contributed by atoms with Crippen molar-refractivity contribution < 1.29 is 0 Å². The maximum atomic E-state index is 7.82. The van der Waals surface area contributed by atoms with Crippen LogP contribution in [0.25, 0.3) is 48.6 Å². The van der Waals surface area contributed by atoms with Gasteiger partial charge in [-0.25, -0.2) is 4.85 Å². The van der Waals surface area contributed by atoms with Crippen molar-refractivity contribution in [2.45, 2.75) is 5.41 Å². The lowest BCUT2D eigenvalue weighted by Gasteiger charge is -2.33. The van der Waals surface area contributed by atoms with Gasteiger partial charge < -0.3 is 4.90 Å². The molecule has 8 aromatic rings. The Morgan fingerprint density at radius 1 is 0.438 bits per heavy atom. The van der Waals surface area contributed by atoms with Crippen LogP contribution in [0.2, 0.25) is 0 Å². The van der Waals surface area contributed by atoms with Gasteiger partial charge in [0.1, 0.15) is 0 Å². The normalized spacial score (nSPS) is 13.1. The topological polar surface area (TPSA) is 7.60 Å². The number of nitrogens with zero attached hydrogens (tertiary/aromatic N) is 2. The maximum absolute atomic E-state index is 7.82. The second-order valence-corrected chi connectivity index (χ2v) is 12.7. The van der Waals surface area contributed by atoms with E-state index in [9.17, 15) is 0 Å². The quantitative estimate of drug-likeness (QED) is 0.181. The van der Waals surface area contributed by atoms with E-state index >= 15 is 0 Å². The first-order valence-corrected chi connectivity index (χ1v) is 16.4. The van der Waals surface area contributed by atoms with Crippen molar-refractivity contribution in [1.82, 2.24) is 0 Å². The Hall–Kier alpha value is -6.43. The average molecular weight is 609 g/mol. The predicted molar refractivity (Wildman–Crippen MR) is 199 cm³/mol. The molecule has 0 unspecified atom stereocenters. The van der Waals surface area contributed by atoms with Crippen LogP contribution in [0.15, 0.2) is 170 Å². The molecular formula is C46H28N2. The van der Waals surface area contributed by atoms with Crippen molar-refractivity contribution in [1.29, 1.82) is 0 Å². The van der Waals surface area contributed by atoms with Crippen LogP contribution in [0.1, 0.15) is 22.3 Å². The van der Waals surface area contributed by atoms with Crippen LogP contribution in [0.5, 0.6) is 0 Å². The number of para-hydroxylation sites is 1. The zero-order valence-corrected chi connectivity index (χ0v) is 26.1. The second kappa shape index (κ2) is 10.0. The van der Waals surface area contributed by atoms with E-state index < -0.39 is 5.41 Å². The Labute approximate surface area is 279 Å². The van der Waals surface area contributed by atoms with Crippen molar-refractivity contribution >= 4 is 44.3 Å². The first-order valence-electron chi connectivity index (χ1n) is 16.4. The number of hydrogen-bond donors (Lipinski definition) is 0. The molecule has 0 radical (unpaired) electrons.